The van der Waals surface area contributed by atoms with Gasteiger partial charge in [-0.15, -0.1) is 5.10 Å². The number of pyridine rings is 1. The molecule has 1 aliphatic heterocycles. The second-order valence-electron chi connectivity index (χ2n) is 8.76. The van der Waals surface area contributed by atoms with Crippen molar-refractivity contribution in [3.63, 3.8) is 0 Å². The van der Waals surface area contributed by atoms with Crippen LogP contribution >= 0.6 is 0 Å². The van der Waals surface area contributed by atoms with Crippen molar-refractivity contribution in [2.24, 2.45) is 0 Å². The van der Waals surface area contributed by atoms with Crippen molar-refractivity contribution in [3.8, 4) is 34.5 Å². The van der Waals surface area contributed by atoms with Crippen LogP contribution in [-0.4, -0.2) is 38.8 Å². The number of rotatable bonds is 4. The Kier molecular flexibility index (Phi) is 4.78. The fourth-order valence-corrected chi connectivity index (χ4v) is 5.05. The second kappa shape index (κ2) is 8.30. The van der Waals surface area contributed by atoms with E-state index in [1.165, 1.54) is 0 Å². The van der Waals surface area contributed by atoms with Crippen molar-refractivity contribution < 1.29 is 14.2 Å². The van der Waals surface area contributed by atoms with Crippen molar-refractivity contribution in [1.29, 1.82) is 0 Å². The van der Waals surface area contributed by atoms with E-state index in [-0.39, 0.29) is 5.92 Å². The van der Waals surface area contributed by atoms with Gasteiger partial charge in [-0.05, 0) is 35.2 Å². The summed E-state index contributed by atoms with van der Waals surface area (Å²) in [5, 5.41) is 6.82. The maximum Gasteiger partial charge on any atom is 0.228 e. The zero-order valence-corrected chi connectivity index (χ0v) is 20.1. The first-order valence-corrected chi connectivity index (χ1v) is 11.8. The summed E-state index contributed by atoms with van der Waals surface area (Å²) in [5.41, 5.74) is 4.41. The molecule has 0 saturated carbocycles. The molecule has 0 radical (unpaired) electrons. The van der Waals surface area contributed by atoms with E-state index in [1.54, 1.807) is 37.5 Å². The Morgan fingerprint density at radius 1 is 0.892 bits per heavy atom. The maximum atomic E-state index is 6.51. The quantitative estimate of drug-likeness (QED) is 0.318. The largest absolute Gasteiger partial charge is 0.493 e. The minimum atomic E-state index is -0.228. The molecule has 0 fully saturated rings. The van der Waals surface area contributed by atoms with Gasteiger partial charge in [0.1, 0.15) is 12.1 Å². The Morgan fingerprint density at radius 2 is 1.73 bits per heavy atom. The molecule has 6 aromatic rings. The highest BCUT2D eigenvalue weighted by molar-refractivity contribution is 5.91. The number of hydrogen-bond acceptors (Lipinski definition) is 7. The Labute approximate surface area is 212 Å². The molecule has 8 nitrogen and oxygen atoms in total. The molecule has 3 aromatic carbocycles. The maximum absolute atomic E-state index is 6.51. The minimum absolute atomic E-state index is 0.228. The average Bonchev–Trinajstić information content (AvgIpc) is 3.41. The number of nitrogens with zero attached hydrogens (tertiary/aromatic N) is 5. The van der Waals surface area contributed by atoms with Crippen LogP contribution in [0.15, 0.2) is 85.5 Å². The van der Waals surface area contributed by atoms with Gasteiger partial charge in [0.15, 0.2) is 23.0 Å². The summed E-state index contributed by atoms with van der Waals surface area (Å²) in [7, 11) is 3.27. The molecule has 0 unspecified atom stereocenters. The number of methoxy groups -OCH3 is 2. The highest BCUT2D eigenvalue weighted by Crippen LogP contribution is 2.51. The third-order valence-corrected chi connectivity index (χ3v) is 6.77. The normalized spacial score (nSPS) is 14.2. The second-order valence-corrected chi connectivity index (χ2v) is 8.76. The fourth-order valence-electron chi connectivity index (χ4n) is 5.05. The van der Waals surface area contributed by atoms with Crippen molar-refractivity contribution >= 4 is 16.4 Å². The lowest BCUT2D eigenvalue weighted by Gasteiger charge is -2.29. The van der Waals surface area contributed by atoms with Gasteiger partial charge in [-0.25, -0.2) is 14.5 Å². The predicted molar refractivity (Wildman–Crippen MR) is 139 cm³/mol. The molecular weight excluding hydrogens is 466 g/mol. The van der Waals surface area contributed by atoms with Crippen LogP contribution in [0.25, 0.3) is 27.8 Å². The number of fused-ring (bicyclic) bond motifs is 6. The number of hydrogen-bond donors (Lipinski definition) is 0. The minimum Gasteiger partial charge on any atom is -0.493 e. The first kappa shape index (κ1) is 21.3. The topological polar surface area (TPSA) is 83.7 Å². The van der Waals surface area contributed by atoms with Gasteiger partial charge in [0, 0.05) is 34.8 Å². The van der Waals surface area contributed by atoms with Crippen LogP contribution in [0.5, 0.6) is 23.1 Å². The summed E-state index contributed by atoms with van der Waals surface area (Å²) in [6.07, 6.45) is 5.10. The predicted octanol–water partition coefficient (Wildman–Crippen LogP) is 5.64. The van der Waals surface area contributed by atoms with Crippen LogP contribution in [0, 0.1) is 0 Å². The fraction of sp³-hybridized carbons (Fsp3) is 0.103. The van der Waals surface area contributed by atoms with Gasteiger partial charge in [-0.3, -0.25) is 4.98 Å². The van der Waals surface area contributed by atoms with E-state index in [2.05, 4.69) is 34.2 Å². The molecule has 0 spiro atoms. The summed E-state index contributed by atoms with van der Waals surface area (Å²) >= 11 is 0. The van der Waals surface area contributed by atoms with E-state index in [1.807, 2.05) is 42.5 Å². The molecule has 7 rings (SSSR count). The van der Waals surface area contributed by atoms with E-state index >= 15 is 0 Å². The molecule has 1 atom stereocenters. The van der Waals surface area contributed by atoms with Gasteiger partial charge < -0.3 is 14.2 Å². The average molecular weight is 488 g/mol. The number of ether oxygens (including phenoxy) is 3. The molecule has 1 aliphatic rings. The monoisotopic (exact) mass is 487 g/mol. The molecule has 0 bridgehead atoms. The molecule has 0 N–H and O–H groups in total. The van der Waals surface area contributed by atoms with E-state index in [9.17, 15) is 0 Å². The Hall–Kier alpha value is -4.98. The third-order valence-electron chi connectivity index (χ3n) is 6.77. The van der Waals surface area contributed by atoms with Gasteiger partial charge >= 0.3 is 0 Å². The number of aromatic nitrogens is 5. The van der Waals surface area contributed by atoms with Crippen LogP contribution < -0.4 is 14.2 Å². The Balaban J connectivity index is 1.52. The van der Waals surface area contributed by atoms with Gasteiger partial charge in [0.05, 0.1) is 19.8 Å². The molecule has 180 valence electrons. The van der Waals surface area contributed by atoms with Gasteiger partial charge in [-0.2, -0.15) is 0 Å². The zero-order valence-electron chi connectivity index (χ0n) is 20.1. The molecule has 0 aliphatic carbocycles. The van der Waals surface area contributed by atoms with Crippen LogP contribution in [0.3, 0.4) is 0 Å². The van der Waals surface area contributed by atoms with E-state index in [0.29, 0.717) is 28.9 Å². The molecule has 4 heterocycles. The number of benzene rings is 3. The Bertz CT molecular complexity index is 1800. The highest BCUT2D eigenvalue weighted by atomic mass is 16.5. The summed E-state index contributed by atoms with van der Waals surface area (Å²) in [4.78, 5) is 13.7. The lowest BCUT2D eigenvalue weighted by molar-refractivity contribution is 0.354. The van der Waals surface area contributed by atoms with Crippen molar-refractivity contribution in [3.05, 3.63) is 102 Å². The SMILES string of the molecule is COc1ccc([C@H]2c3ccc4ccccc4c3Oc3ncn4nc(-c5ccncc5)nc4c32)cc1OC. The molecular formula is C29H21N5O3. The standard InChI is InChI=1S/C29H21N5O3/c1-35-22-10-8-19(15-23(22)36-2)24-21-9-7-17-5-3-4-6-20(17)26(21)37-29-25(24)28-32-27(33-34(28)16-31-29)18-11-13-30-14-12-18/h3-16,24H,1-2H3/t24-/m0/s1. The van der Waals surface area contributed by atoms with Gasteiger partial charge in [0.25, 0.3) is 0 Å². The third kappa shape index (κ3) is 3.30. The summed E-state index contributed by atoms with van der Waals surface area (Å²) < 4.78 is 19.4. The van der Waals surface area contributed by atoms with Crippen LogP contribution in [0.1, 0.15) is 22.6 Å². The zero-order chi connectivity index (χ0) is 24.9. The van der Waals surface area contributed by atoms with Crippen molar-refractivity contribution in [2.45, 2.75) is 5.92 Å². The smallest absolute Gasteiger partial charge is 0.228 e. The van der Waals surface area contributed by atoms with Gasteiger partial charge in [0.2, 0.25) is 5.88 Å². The van der Waals surface area contributed by atoms with E-state index in [0.717, 1.165) is 38.8 Å². The first-order valence-electron chi connectivity index (χ1n) is 11.8. The summed E-state index contributed by atoms with van der Waals surface area (Å²) in [5.74, 6) is 2.97. The van der Waals surface area contributed by atoms with Crippen LogP contribution in [0.4, 0.5) is 0 Å². The van der Waals surface area contributed by atoms with E-state index < -0.39 is 0 Å². The van der Waals surface area contributed by atoms with E-state index in [4.69, 9.17) is 24.3 Å². The van der Waals surface area contributed by atoms with Crippen molar-refractivity contribution in [1.82, 2.24) is 24.6 Å². The highest BCUT2D eigenvalue weighted by Gasteiger charge is 2.34. The summed E-state index contributed by atoms with van der Waals surface area (Å²) in [6.45, 7) is 0. The lowest BCUT2D eigenvalue weighted by Crippen LogP contribution is -2.15. The molecule has 0 amide bonds. The summed E-state index contributed by atoms with van der Waals surface area (Å²) in [6, 6.07) is 22.2. The Morgan fingerprint density at radius 3 is 2.57 bits per heavy atom. The molecule has 8 heteroatoms. The molecule has 0 saturated heterocycles. The van der Waals surface area contributed by atoms with Crippen LogP contribution in [0.2, 0.25) is 0 Å². The van der Waals surface area contributed by atoms with Crippen LogP contribution in [-0.2, 0) is 0 Å². The molecule has 37 heavy (non-hydrogen) atoms. The van der Waals surface area contributed by atoms with Crippen molar-refractivity contribution in [2.75, 3.05) is 14.2 Å². The van der Waals surface area contributed by atoms with Gasteiger partial charge in [-0.1, -0.05) is 42.5 Å². The lowest BCUT2D eigenvalue weighted by atomic mass is 9.82. The first-order chi connectivity index (χ1) is 18.2. The molecule has 3 aromatic heterocycles.